The molecular weight excluding hydrogens is 185 g/mol. The van der Waals surface area contributed by atoms with E-state index in [1.165, 1.54) is 18.2 Å². The van der Waals surface area contributed by atoms with Crippen molar-refractivity contribution < 1.29 is 14.3 Å². The molecule has 0 heterocycles. The number of hydrogen-bond donors (Lipinski definition) is 2. The zero-order valence-electron chi connectivity index (χ0n) is 7.83. The minimum absolute atomic E-state index is 0.00667. The molecule has 0 spiro atoms. The summed E-state index contributed by atoms with van der Waals surface area (Å²) in [5.74, 6) is -1.07. The van der Waals surface area contributed by atoms with Crippen LogP contribution in [0, 0.1) is 5.82 Å². The number of carbonyl (C=O) groups is 1. The van der Waals surface area contributed by atoms with E-state index in [1.54, 1.807) is 13.0 Å². The molecule has 1 atom stereocenters. The van der Waals surface area contributed by atoms with Crippen LogP contribution in [-0.4, -0.2) is 23.7 Å². The number of benzene rings is 1. The largest absolute Gasteiger partial charge is 0.394 e. The van der Waals surface area contributed by atoms with Crippen molar-refractivity contribution in [1.29, 1.82) is 0 Å². The molecule has 0 saturated carbocycles. The molecule has 0 saturated heterocycles. The van der Waals surface area contributed by atoms with Crippen LogP contribution in [0.4, 0.5) is 4.39 Å². The Morgan fingerprint density at radius 3 is 2.79 bits per heavy atom. The van der Waals surface area contributed by atoms with E-state index >= 15 is 0 Å². The van der Waals surface area contributed by atoms with E-state index in [9.17, 15) is 9.18 Å². The average Bonchev–Trinajstić information content (AvgIpc) is 2.18. The minimum atomic E-state index is -0.560. The molecule has 0 radical (unpaired) electrons. The first kappa shape index (κ1) is 10.7. The van der Waals surface area contributed by atoms with Gasteiger partial charge in [-0.2, -0.15) is 0 Å². The van der Waals surface area contributed by atoms with Crippen molar-refractivity contribution in [2.45, 2.75) is 13.0 Å². The van der Waals surface area contributed by atoms with Crippen molar-refractivity contribution in [1.82, 2.24) is 5.32 Å². The number of nitrogens with one attached hydrogen (secondary N) is 1. The topological polar surface area (TPSA) is 49.3 Å². The second kappa shape index (κ2) is 4.72. The third kappa shape index (κ3) is 2.53. The van der Waals surface area contributed by atoms with Crippen molar-refractivity contribution in [2.75, 3.05) is 6.61 Å². The van der Waals surface area contributed by atoms with Gasteiger partial charge in [-0.25, -0.2) is 4.39 Å². The van der Waals surface area contributed by atoms with E-state index < -0.39 is 11.7 Å². The first-order valence-corrected chi connectivity index (χ1v) is 4.31. The molecule has 4 heteroatoms. The van der Waals surface area contributed by atoms with E-state index in [0.717, 1.165) is 0 Å². The van der Waals surface area contributed by atoms with Crippen LogP contribution in [0.2, 0.25) is 0 Å². The van der Waals surface area contributed by atoms with Crippen LogP contribution >= 0.6 is 0 Å². The number of hydrogen-bond acceptors (Lipinski definition) is 2. The molecule has 2 N–H and O–H groups in total. The summed E-state index contributed by atoms with van der Waals surface area (Å²) in [6, 6.07) is 5.35. The molecule has 0 aliphatic carbocycles. The average molecular weight is 197 g/mol. The molecule has 3 nitrogen and oxygen atoms in total. The lowest BCUT2D eigenvalue weighted by Gasteiger charge is -2.10. The van der Waals surface area contributed by atoms with Gasteiger partial charge in [0.25, 0.3) is 5.91 Å². The monoisotopic (exact) mass is 197 g/mol. The zero-order chi connectivity index (χ0) is 10.6. The normalized spacial score (nSPS) is 12.2. The van der Waals surface area contributed by atoms with Crippen LogP contribution < -0.4 is 5.32 Å². The number of halogens is 1. The molecule has 76 valence electrons. The summed E-state index contributed by atoms with van der Waals surface area (Å²) in [4.78, 5) is 11.4. The van der Waals surface area contributed by atoms with E-state index in [0.29, 0.717) is 0 Å². The van der Waals surface area contributed by atoms with Crippen LogP contribution in [0.25, 0.3) is 0 Å². The Bertz CT molecular complexity index is 328. The molecule has 1 rings (SSSR count). The highest BCUT2D eigenvalue weighted by molar-refractivity contribution is 5.94. The summed E-state index contributed by atoms with van der Waals surface area (Å²) < 4.78 is 13.1. The van der Waals surface area contributed by atoms with E-state index in [4.69, 9.17) is 5.11 Å². The lowest BCUT2D eigenvalue weighted by Crippen LogP contribution is -2.35. The SMILES string of the molecule is C[C@H](CO)NC(=O)c1ccccc1F. The Labute approximate surface area is 81.6 Å². The van der Waals surface area contributed by atoms with Crippen molar-refractivity contribution in [3.8, 4) is 0 Å². The Morgan fingerprint density at radius 1 is 1.57 bits per heavy atom. The molecule has 0 aliphatic rings. The predicted molar refractivity (Wildman–Crippen MR) is 50.4 cm³/mol. The number of aliphatic hydroxyl groups is 1. The van der Waals surface area contributed by atoms with Crippen molar-refractivity contribution >= 4 is 5.91 Å². The Kier molecular flexibility index (Phi) is 3.59. The van der Waals surface area contributed by atoms with Gasteiger partial charge in [0.1, 0.15) is 5.82 Å². The number of rotatable bonds is 3. The van der Waals surface area contributed by atoms with Gasteiger partial charge in [-0.15, -0.1) is 0 Å². The van der Waals surface area contributed by atoms with Crippen molar-refractivity contribution in [3.63, 3.8) is 0 Å². The van der Waals surface area contributed by atoms with Crippen LogP contribution in [-0.2, 0) is 0 Å². The molecule has 1 amide bonds. The maximum absolute atomic E-state index is 13.1. The first-order valence-electron chi connectivity index (χ1n) is 4.31. The third-order valence-corrected chi connectivity index (χ3v) is 1.77. The minimum Gasteiger partial charge on any atom is -0.394 e. The quantitative estimate of drug-likeness (QED) is 0.757. The fourth-order valence-electron chi connectivity index (χ4n) is 0.993. The molecule has 0 fully saturated rings. The van der Waals surface area contributed by atoms with E-state index in [-0.39, 0.29) is 18.2 Å². The summed E-state index contributed by atoms with van der Waals surface area (Å²) in [7, 11) is 0. The molecular formula is C10H12FNO2. The summed E-state index contributed by atoms with van der Waals surface area (Å²) in [6.07, 6.45) is 0. The highest BCUT2D eigenvalue weighted by atomic mass is 19.1. The molecule has 0 unspecified atom stereocenters. The summed E-state index contributed by atoms with van der Waals surface area (Å²) >= 11 is 0. The molecule has 0 aliphatic heterocycles. The Morgan fingerprint density at radius 2 is 2.21 bits per heavy atom. The summed E-state index contributed by atoms with van der Waals surface area (Å²) in [6.45, 7) is 1.47. The number of carbonyl (C=O) groups excluding carboxylic acids is 1. The summed E-state index contributed by atoms with van der Waals surface area (Å²) in [5, 5.41) is 11.1. The Balaban J connectivity index is 2.75. The van der Waals surface area contributed by atoms with Gasteiger partial charge in [0, 0.05) is 6.04 Å². The molecule has 0 aromatic heterocycles. The highest BCUT2D eigenvalue weighted by Gasteiger charge is 2.12. The van der Waals surface area contributed by atoms with Gasteiger partial charge in [-0.05, 0) is 19.1 Å². The van der Waals surface area contributed by atoms with Gasteiger partial charge in [-0.1, -0.05) is 12.1 Å². The van der Waals surface area contributed by atoms with Gasteiger partial charge in [0.15, 0.2) is 0 Å². The van der Waals surface area contributed by atoms with Gasteiger partial charge in [-0.3, -0.25) is 4.79 Å². The molecule has 14 heavy (non-hydrogen) atoms. The predicted octanol–water partition coefficient (Wildman–Crippen LogP) is 0.936. The second-order valence-corrected chi connectivity index (χ2v) is 3.04. The Hall–Kier alpha value is -1.42. The van der Waals surface area contributed by atoms with Gasteiger partial charge < -0.3 is 10.4 Å². The van der Waals surface area contributed by atoms with Crippen molar-refractivity contribution in [3.05, 3.63) is 35.6 Å². The maximum atomic E-state index is 13.1. The maximum Gasteiger partial charge on any atom is 0.254 e. The lowest BCUT2D eigenvalue weighted by molar-refractivity contribution is 0.0918. The fraction of sp³-hybridized carbons (Fsp3) is 0.300. The standard InChI is InChI=1S/C10H12FNO2/c1-7(6-13)12-10(14)8-4-2-3-5-9(8)11/h2-5,7,13H,6H2,1H3,(H,12,14)/t7-/m1/s1. The van der Waals surface area contributed by atoms with Crippen LogP contribution in [0.1, 0.15) is 17.3 Å². The van der Waals surface area contributed by atoms with Gasteiger partial charge in [0.2, 0.25) is 0 Å². The molecule has 1 aromatic rings. The van der Waals surface area contributed by atoms with Crippen LogP contribution in [0.15, 0.2) is 24.3 Å². The fourth-order valence-corrected chi connectivity index (χ4v) is 0.993. The molecule has 0 bridgehead atoms. The summed E-state index contributed by atoms with van der Waals surface area (Å²) in [5.41, 5.74) is -0.00667. The lowest BCUT2D eigenvalue weighted by atomic mass is 10.2. The van der Waals surface area contributed by atoms with Crippen LogP contribution in [0.5, 0.6) is 0 Å². The van der Waals surface area contributed by atoms with E-state index in [1.807, 2.05) is 0 Å². The van der Waals surface area contributed by atoms with Gasteiger partial charge >= 0.3 is 0 Å². The van der Waals surface area contributed by atoms with Gasteiger partial charge in [0.05, 0.1) is 12.2 Å². The highest BCUT2D eigenvalue weighted by Crippen LogP contribution is 2.05. The second-order valence-electron chi connectivity index (χ2n) is 3.04. The third-order valence-electron chi connectivity index (χ3n) is 1.77. The van der Waals surface area contributed by atoms with Crippen molar-refractivity contribution in [2.24, 2.45) is 0 Å². The number of amides is 1. The number of aliphatic hydroxyl groups excluding tert-OH is 1. The first-order chi connectivity index (χ1) is 6.65. The smallest absolute Gasteiger partial charge is 0.254 e. The molecule has 1 aromatic carbocycles. The zero-order valence-corrected chi connectivity index (χ0v) is 7.83. The van der Waals surface area contributed by atoms with Crippen LogP contribution in [0.3, 0.4) is 0 Å². The van der Waals surface area contributed by atoms with E-state index in [2.05, 4.69) is 5.32 Å².